The van der Waals surface area contributed by atoms with Crippen molar-refractivity contribution in [1.29, 1.82) is 0 Å². The van der Waals surface area contributed by atoms with E-state index in [2.05, 4.69) is 10.6 Å². The molecule has 9 heteroatoms. The molecule has 6 rings (SSSR count). The second-order valence-electron chi connectivity index (χ2n) is 11.0. The first kappa shape index (κ1) is 30.2. The summed E-state index contributed by atoms with van der Waals surface area (Å²) in [7, 11) is -1.48. The third kappa shape index (κ3) is 5.40. The summed E-state index contributed by atoms with van der Waals surface area (Å²) in [6.07, 6.45) is 1.55. The second kappa shape index (κ2) is 13.0. The molecule has 228 valence electrons. The molecular weight excluding hydrogens is 583 g/mol. The zero-order valence-corrected chi connectivity index (χ0v) is 26.2. The highest BCUT2D eigenvalue weighted by Gasteiger charge is 2.47. The molecular formula is C36H35N4O4P. The van der Waals surface area contributed by atoms with Crippen LogP contribution in [0.25, 0.3) is 10.8 Å². The van der Waals surface area contributed by atoms with Crippen LogP contribution in [0.5, 0.6) is 0 Å². The van der Waals surface area contributed by atoms with Gasteiger partial charge >= 0.3 is 0 Å². The fourth-order valence-corrected chi connectivity index (χ4v) is 9.40. The molecule has 0 unspecified atom stereocenters. The molecule has 2 N–H and O–H groups in total. The lowest BCUT2D eigenvalue weighted by Crippen LogP contribution is -2.38. The average Bonchev–Trinajstić information content (AvgIpc) is 3.45. The van der Waals surface area contributed by atoms with Gasteiger partial charge in [0.15, 0.2) is 0 Å². The fourth-order valence-electron chi connectivity index (χ4n) is 6.10. The van der Waals surface area contributed by atoms with Crippen molar-refractivity contribution < 1.29 is 9.59 Å². The summed E-state index contributed by atoms with van der Waals surface area (Å²) in [6.45, 7) is 5.00. The molecule has 0 saturated heterocycles. The number of amides is 2. The van der Waals surface area contributed by atoms with E-state index < -0.39 is 19.5 Å². The normalized spacial score (nSPS) is 16.0. The number of fused-ring (bicyclic) bond motifs is 2. The Morgan fingerprint density at radius 2 is 1.00 bits per heavy atom. The predicted molar refractivity (Wildman–Crippen MR) is 180 cm³/mol. The highest BCUT2D eigenvalue weighted by molar-refractivity contribution is 7.66. The van der Waals surface area contributed by atoms with Gasteiger partial charge in [-0.3, -0.25) is 19.2 Å². The molecule has 2 amide bonds. The van der Waals surface area contributed by atoms with Crippen LogP contribution in [0.1, 0.15) is 70.1 Å². The molecule has 0 saturated carbocycles. The van der Waals surface area contributed by atoms with E-state index in [9.17, 15) is 19.2 Å². The van der Waals surface area contributed by atoms with Crippen molar-refractivity contribution in [3.05, 3.63) is 146 Å². The van der Waals surface area contributed by atoms with Crippen LogP contribution >= 0.6 is 7.92 Å². The summed E-state index contributed by atoms with van der Waals surface area (Å²) in [5.41, 5.74) is 1.57. The van der Waals surface area contributed by atoms with E-state index in [0.717, 1.165) is 18.1 Å². The minimum absolute atomic E-state index is 0.235. The fraction of sp³-hybridized carbons (Fsp3) is 0.222. The van der Waals surface area contributed by atoms with Crippen LogP contribution < -0.4 is 27.1 Å². The van der Waals surface area contributed by atoms with Gasteiger partial charge in [0, 0.05) is 24.2 Å². The quantitative estimate of drug-likeness (QED) is 0.217. The van der Waals surface area contributed by atoms with E-state index in [-0.39, 0.29) is 22.9 Å². The summed E-state index contributed by atoms with van der Waals surface area (Å²) in [4.78, 5) is 56.3. The molecule has 0 bridgehead atoms. The van der Waals surface area contributed by atoms with E-state index in [4.69, 9.17) is 0 Å². The Kier molecular flexibility index (Phi) is 8.76. The number of rotatable bonds is 9. The number of hydrogen-bond donors (Lipinski definition) is 2. The van der Waals surface area contributed by atoms with Crippen molar-refractivity contribution in [1.82, 2.24) is 20.0 Å². The Morgan fingerprint density at radius 1 is 0.600 bits per heavy atom. The lowest BCUT2D eigenvalue weighted by atomic mass is 10.1. The highest BCUT2D eigenvalue weighted by Crippen LogP contribution is 2.65. The first-order valence-electron chi connectivity index (χ1n) is 15.3. The smallest absolute Gasteiger partial charge is 0.274 e. The van der Waals surface area contributed by atoms with Crippen LogP contribution in [0.3, 0.4) is 0 Å². The molecule has 2 atom stereocenters. The van der Waals surface area contributed by atoms with Crippen molar-refractivity contribution in [3.63, 3.8) is 0 Å². The molecule has 45 heavy (non-hydrogen) atoms. The van der Waals surface area contributed by atoms with Crippen LogP contribution in [0.2, 0.25) is 0 Å². The van der Waals surface area contributed by atoms with Gasteiger partial charge in [-0.25, -0.2) is 9.36 Å². The molecule has 0 fully saturated rings. The summed E-state index contributed by atoms with van der Waals surface area (Å²) < 4.78 is 3.11. The van der Waals surface area contributed by atoms with Gasteiger partial charge in [-0.15, -0.1) is 0 Å². The number of hydrogen-bond acceptors (Lipinski definition) is 4. The minimum Gasteiger partial charge on any atom is -0.352 e. The summed E-state index contributed by atoms with van der Waals surface area (Å²) in [5.74, 6) is -1.82. The molecule has 8 nitrogen and oxygen atoms in total. The molecule has 1 aliphatic rings. The minimum atomic E-state index is -1.48. The van der Waals surface area contributed by atoms with E-state index in [0.29, 0.717) is 46.1 Å². The molecule has 5 aromatic rings. The van der Waals surface area contributed by atoms with Gasteiger partial charge in [0.1, 0.15) is 11.6 Å². The van der Waals surface area contributed by atoms with E-state index in [1.807, 2.05) is 80.6 Å². The van der Waals surface area contributed by atoms with Gasteiger partial charge < -0.3 is 10.6 Å². The zero-order valence-electron chi connectivity index (χ0n) is 25.3. The number of nitrogens with one attached hydrogen (secondary N) is 2. The summed E-state index contributed by atoms with van der Waals surface area (Å²) in [6, 6.07) is 31.3. The number of carbonyl (C=O) groups is 2. The second-order valence-corrected chi connectivity index (χ2v) is 13.3. The lowest BCUT2D eigenvalue weighted by molar-refractivity contribution is 0.0944. The van der Waals surface area contributed by atoms with E-state index >= 15 is 0 Å². The zero-order chi connectivity index (χ0) is 31.5. The lowest BCUT2D eigenvalue weighted by Gasteiger charge is -2.27. The van der Waals surface area contributed by atoms with Gasteiger partial charge in [-0.1, -0.05) is 92.7 Å². The Labute approximate surface area is 262 Å². The number of carbonyl (C=O) groups excluding carboxylic acids is 2. The first-order valence-corrected chi connectivity index (χ1v) is 16.8. The van der Waals surface area contributed by atoms with E-state index in [1.54, 1.807) is 45.8 Å². The van der Waals surface area contributed by atoms with Crippen LogP contribution in [-0.4, -0.2) is 34.3 Å². The Balaban J connectivity index is 1.72. The van der Waals surface area contributed by atoms with Gasteiger partial charge in [0.2, 0.25) is 0 Å². The van der Waals surface area contributed by atoms with Crippen LogP contribution in [-0.2, 0) is 0 Å². The highest BCUT2D eigenvalue weighted by atomic mass is 31.1. The standard InChI is InChI=1S/C36H35N4O4P/c1-3-22-37-31(41)25-16-8-12-20-29(25)35-39-33(43)27-18-10-11-19-28(27)34(44)40(39)36(45(35)24-14-6-5-7-15-24)30-21-13-9-17-26(30)32(42)38-23-4-2/h5-21,35-36H,3-4,22-23H2,1-2H3,(H,37,41)(H,38,42)/t35-,36-/m1/s1. The van der Waals surface area contributed by atoms with Gasteiger partial charge in [-0.2, -0.15) is 0 Å². The van der Waals surface area contributed by atoms with Crippen LogP contribution in [0.15, 0.2) is 113 Å². The molecule has 0 radical (unpaired) electrons. The molecule has 4 aromatic carbocycles. The largest absolute Gasteiger partial charge is 0.352 e. The molecule has 1 aliphatic heterocycles. The third-order valence-corrected chi connectivity index (χ3v) is 11.1. The van der Waals surface area contributed by atoms with Crippen molar-refractivity contribution in [3.8, 4) is 0 Å². The first-order chi connectivity index (χ1) is 22.0. The molecule has 0 aliphatic carbocycles. The summed E-state index contributed by atoms with van der Waals surface area (Å²) in [5, 5.41) is 7.55. The van der Waals surface area contributed by atoms with Crippen molar-refractivity contribution in [2.24, 2.45) is 0 Å². The predicted octanol–water partition coefficient (Wildman–Crippen LogP) is 5.36. The van der Waals surface area contributed by atoms with Crippen molar-refractivity contribution >= 4 is 35.8 Å². The topological polar surface area (TPSA) is 102 Å². The van der Waals surface area contributed by atoms with Crippen LogP contribution in [0, 0.1) is 0 Å². The Bertz CT molecular complexity index is 1880. The Hall–Kier alpha value is -4.81. The van der Waals surface area contributed by atoms with Gasteiger partial charge in [0.05, 0.1) is 10.8 Å². The SMILES string of the molecule is CCCNC(=O)c1ccccc1[C@@H]1n2c(=O)c3ccccc3c(=O)n2[C@@H](c2ccccc2C(=O)NCCC)P1c1ccccc1. The maximum atomic E-state index is 14.6. The van der Waals surface area contributed by atoms with Gasteiger partial charge in [-0.05, 0) is 61.5 Å². The number of aromatic nitrogens is 2. The van der Waals surface area contributed by atoms with Crippen LogP contribution in [0.4, 0.5) is 0 Å². The van der Waals surface area contributed by atoms with Crippen molar-refractivity contribution in [2.45, 2.75) is 38.3 Å². The maximum Gasteiger partial charge on any atom is 0.274 e. The maximum absolute atomic E-state index is 14.6. The molecule has 2 heterocycles. The van der Waals surface area contributed by atoms with Gasteiger partial charge in [0.25, 0.3) is 22.9 Å². The summed E-state index contributed by atoms with van der Waals surface area (Å²) >= 11 is 0. The molecule has 1 aromatic heterocycles. The third-order valence-electron chi connectivity index (χ3n) is 8.12. The molecule has 0 spiro atoms. The Morgan fingerprint density at radius 3 is 1.44 bits per heavy atom. The number of benzene rings is 4. The van der Waals surface area contributed by atoms with E-state index in [1.165, 1.54) is 0 Å². The van der Waals surface area contributed by atoms with Crippen molar-refractivity contribution in [2.75, 3.05) is 13.1 Å². The number of nitrogens with zero attached hydrogens (tertiary/aromatic N) is 2. The monoisotopic (exact) mass is 618 g/mol. The average molecular weight is 619 g/mol.